The maximum atomic E-state index is 5.67. The zero-order chi connectivity index (χ0) is 14.5. The molecule has 3 N–H and O–H groups in total. The lowest BCUT2D eigenvalue weighted by Crippen LogP contribution is -2.39. The average molecular weight is 355 g/mol. The van der Waals surface area contributed by atoms with Crippen LogP contribution in [0, 0.1) is 6.92 Å². The van der Waals surface area contributed by atoms with Gasteiger partial charge in [0.2, 0.25) is 0 Å². The number of thioether (sulfide) groups is 1. The Labute approximate surface area is 132 Å². The first-order chi connectivity index (χ1) is 9.58. The van der Waals surface area contributed by atoms with Gasteiger partial charge in [-0.1, -0.05) is 22.0 Å². The summed E-state index contributed by atoms with van der Waals surface area (Å²) in [4.78, 5) is 1.24. The van der Waals surface area contributed by atoms with Crippen LogP contribution in [0.1, 0.15) is 11.4 Å². The van der Waals surface area contributed by atoms with Gasteiger partial charge < -0.3 is 0 Å². The molecule has 0 aliphatic heterocycles. The van der Waals surface area contributed by atoms with Crippen LogP contribution in [0.3, 0.4) is 0 Å². The molecule has 0 aliphatic rings. The fourth-order valence-electron chi connectivity index (χ4n) is 2.03. The second kappa shape index (κ2) is 7.26. The molecule has 4 nitrogen and oxygen atoms in total. The molecule has 0 spiro atoms. The van der Waals surface area contributed by atoms with Gasteiger partial charge in [0, 0.05) is 40.3 Å². The molecule has 6 heteroatoms. The summed E-state index contributed by atoms with van der Waals surface area (Å²) < 4.78 is 3.02. The van der Waals surface area contributed by atoms with E-state index in [1.165, 1.54) is 10.6 Å². The van der Waals surface area contributed by atoms with E-state index in [1.807, 2.05) is 30.8 Å². The molecule has 0 aliphatic carbocycles. The highest BCUT2D eigenvalue weighted by Gasteiger charge is 2.12. The van der Waals surface area contributed by atoms with Gasteiger partial charge in [-0.3, -0.25) is 16.0 Å². The van der Waals surface area contributed by atoms with E-state index in [0.29, 0.717) is 0 Å². The first kappa shape index (κ1) is 15.6. The molecule has 0 amide bonds. The van der Waals surface area contributed by atoms with Crippen LogP contribution in [0.2, 0.25) is 0 Å². The molecule has 0 bridgehead atoms. The number of rotatable bonds is 6. The molecule has 0 saturated carbocycles. The Hall–Kier alpha value is -0.820. The van der Waals surface area contributed by atoms with Gasteiger partial charge in [-0.05, 0) is 31.2 Å². The van der Waals surface area contributed by atoms with Crippen molar-refractivity contribution in [1.82, 2.24) is 15.2 Å². The maximum absolute atomic E-state index is 5.67. The van der Waals surface area contributed by atoms with Gasteiger partial charge in [0.05, 0.1) is 5.69 Å². The summed E-state index contributed by atoms with van der Waals surface area (Å²) in [6.07, 6.45) is 0.870. The standard InChI is InChI=1S/C14H19BrN4S/c1-10-6-13(19(2)18-10)8-12(17-16)9-20-14-5-3-4-11(15)7-14/h3-7,12,17H,8-9,16H2,1-2H3. The molecule has 20 heavy (non-hydrogen) atoms. The number of benzene rings is 1. The zero-order valence-electron chi connectivity index (χ0n) is 11.6. The summed E-state index contributed by atoms with van der Waals surface area (Å²) in [6.45, 7) is 2.00. The second-order valence-electron chi connectivity index (χ2n) is 4.74. The predicted molar refractivity (Wildman–Crippen MR) is 87.6 cm³/mol. The monoisotopic (exact) mass is 354 g/mol. The largest absolute Gasteiger partial charge is 0.272 e. The van der Waals surface area contributed by atoms with Crippen LogP contribution in [-0.2, 0) is 13.5 Å². The number of hydrogen-bond donors (Lipinski definition) is 2. The quantitative estimate of drug-likeness (QED) is 0.475. The molecule has 1 aromatic heterocycles. The van der Waals surface area contributed by atoms with Gasteiger partial charge in [0.1, 0.15) is 0 Å². The highest BCUT2D eigenvalue weighted by Crippen LogP contribution is 2.23. The van der Waals surface area contributed by atoms with Gasteiger partial charge in [-0.2, -0.15) is 5.10 Å². The van der Waals surface area contributed by atoms with Gasteiger partial charge in [-0.25, -0.2) is 0 Å². The van der Waals surface area contributed by atoms with Crippen molar-refractivity contribution in [1.29, 1.82) is 0 Å². The fourth-order valence-corrected chi connectivity index (χ4v) is 3.57. The van der Waals surface area contributed by atoms with Crippen LogP contribution in [0.25, 0.3) is 0 Å². The van der Waals surface area contributed by atoms with E-state index in [1.54, 1.807) is 11.8 Å². The molecule has 0 radical (unpaired) electrons. The van der Waals surface area contributed by atoms with Crippen LogP contribution in [-0.4, -0.2) is 21.6 Å². The Morgan fingerprint density at radius 3 is 2.85 bits per heavy atom. The summed E-state index contributed by atoms with van der Waals surface area (Å²) in [6, 6.07) is 10.6. The summed E-state index contributed by atoms with van der Waals surface area (Å²) in [5.74, 6) is 6.58. The third-order valence-electron chi connectivity index (χ3n) is 3.04. The number of aryl methyl sites for hydroxylation is 2. The molecule has 1 aromatic carbocycles. The Morgan fingerprint density at radius 2 is 2.25 bits per heavy atom. The van der Waals surface area contributed by atoms with Crippen molar-refractivity contribution in [2.75, 3.05) is 5.75 Å². The SMILES string of the molecule is Cc1cc(CC(CSc2cccc(Br)c2)NN)n(C)n1. The first-order valence-corrected chi connectivity index (χ1v) is 8.20. The molecular formula is C14H19BrN4S. The lowest BCUT2D eigenvalue weighted by atomic mass is 10.2. The number of nitrogens with one attached hydrogen (secondary N) is 1. The topological polar surface area (TPSA) is 55.9 Å². The van der Waals surface area contributed by atoms with Crippen molar-refractivity contribution in [2.45, 2.75) is 24.3 Å². The van der Waals surface area contributed by atoms with Crippen molar-refractivity contribution >= 4 is 27.7 Å². The van der Waals surface area contributed by atoms with E-state index in [-0.39, 0.29) is 6.04 Å². The minimum atomic E-state index is 0.216. The predicted octanol–water partition coefficient (Wildman–Crippen LogP) is 2.66. The summed E-state index contributed by atoms with van der Waals surface area (Å²) >= 11 is 5.28. The summed E-state index contributed by atoms with van der Waals surface area (Å²) in [7, 11) is 1.97. The highest BCUT2D eigenvalue weighted by atomic mass is 79.9. The van der Waals surface area contributed by atoms with Crippen LogP contribution in [0.5, 0.6) is 0 Å². The smallest absolute Gasteiger partial charge is 0.0596 e. The molecule has 108 valence electrons. The van der Waals surface area contributed by atoms with E-state index in [9.17, 15) is 0 Å². The fraction of sp³-hybridized carbons (Fsp3) is 0.357. The molecular weight excluding hydrogens is 336 g/mol. The molecule has 1 heterocycles. The van der Waals surface area contributed by atoms with Crippen LogP contribution < -0.4 is 11.3 Å². The lowest BCUT2D eigenvalue weighted by Gasteiger charge is -2.15. The minimum absolute atomic E-state index is 0.216. The lowest BCUT2D eigenvalue weighted by molar-refractivity contribution is 0.551. The minimum Gasteiger partial charge on any atom is -0.272 e. The van der Waals surface area contributed by atoms with Crippen molar-refractivity contribution in [3.63, 3.8) is 0 Å². The van der Waals surface area contributed by atoms with E-state index >= 15 is 0 Å². The third-order valence-corrected chi connectivity index (χ3v) is 4.69. The van der Waals surface area contributed by atoms with E-state index in [2.05, 4.69) is 44.7 Å². The van der Waals surface area contributed by atoms with Crippen LogP contribution >= 0.6 is 27.7 Å². The molecule has 0 fully saturated rings. The number of nitrogens with two attached hydrogens (primary N) is 1. The van der Waals surface area contributed by atoms with Gasteiger partial charge in [0.15, 0.2) is 0 Å². The third kappa shape index (κ3) is 4.34. The van der Waals surface area contributed by atoms with Crippen molar-refractivity contribution in [3.05, 3.63) is 46.2 Å². The first-order valence-electron chi connectivity index (χ1n) is 6.42. The second-order valence-corrected chi connectivity index (χ2v) is 6.75. The Kier molecular flexibility index (Phi) is 5.65. The number of hydrogen-bond acceptors (Lipinski definition) is 4. The number of aromatic nitrogens is 2. The van der Waals surface area contributed by atoms with Crippen molar-refractivity contribution < 1.29 is 0 Å². The van der Waals surface area contributed by atoms with Crippen molar-refractivity contribution in [3.8, 4) is 0 Å². The maximum Gasteiger partial charge on any atom is 0.0596 e. The number of halogens is 1. The normalized spacial score (nSPS) is 12.6. The van der Waals surface area contributed by atoms with Crippen LogP contribution in [0.4, 0.5) is 0 Å². The van der Waals surface area contributed by atoms with Gasteiger partial charge in [0.25, 0.3) is 0 Å². The molecule has 2 aromatic rings. The van der Waals surface area contributed by atoms with Crippen LogP contribution in [0.15, 0.2) is 39.7 Å². The van der Waals surface area contributed by atoms with E-state index < -0.39 is 0 Å². The Morgan fingerprint density at radius 1 is 1.45 bits per heavy atom. The average Bonchev–Trinajstić information content (AvgIpc) is 2.72. The van der Waals surface area contributed by atoms with E-state index in [0.717, 1.165) is 22.3 Å². The molecule has 0 saturated heterocycles. The molecule has 2 rings (SSSR count). The van der Waals surface area contributed by atoms with Gasteiger partial charge >= 0.3 is 0 Å². The van der Waals surface area contributed by atoms with E-state index in [4.69, 9.17) is 5.84 Å². The number of nitrogens with zero attached hydrogens (tertiary/aromatic N) is 2. The molecule has 1 atom stereocenters. The van der Waals surface area contributed by atoms with Gasteiger partial charge in [-0.15, -0.1) is 11.8 Å². The summed E-state index contributed by atoms with van der Waals surface area (Å²) in [5, 5.41) is 4.36. The highest BCUT2D eigenvalue weighted by molar-refractivity contribution is 9.10. The van der Waals surface area contributed by atoms with Crippen molar-refractivity contribution in [2.24, 2.45) is 12.9 Å². The zero-order valence-corrected chi connectivity index (χ0v) is 14.0. The Balaban J connectivity index is 1.94. The molecule has 1 unspecified atom stereocenters. The Bertz CT molecular complexity index is 570. The number of hydrazine groups is 1. The summed E-state index contributed by atoms with van der Waals surface area (Å²) in [5.41, 5.74) is 5.13.